The smallest absolute Gasteiger partial charge is 0.235 e. The number of hydrogen-bond donors (Lipinski definition) is 0. The van der Waals surface area contributed by atoms with Gasteiger partial charge in [0.05, 0.1) is 11.6 Å². The summed E-state index contributed by atoms with van der Waals surface area (Å²) in [5.74, 6) is 0.672. The van der Waals surface area contributed by atoms with Crippen LogP contribution in [0.3, 0.4) is 0 Å². The van der Waals surface area contributed by atoms with Crippen molar-refractivity contribution >= 4 is 16.8 Å². The second-order valence-electron chi connectivity index (χ2n) is 6.02. The molecule has 19 heavy (non-hydrogen) atoms. The molecule has 0 bridgehead atoms. The molecule has 2 aromatic rings. The number of ether oxygens (including phenoxy) is 1. The molecule has 1 aromatic heterocycles. The fraction of sp³-hybridized carbons (Fsp3) is 0.375. The number of fused-ring (bicyclic) bond motifs is 1. The van der Waals surface area contributed by atoms with E-state index >= 15 is 0 Å². The van der Waals surface area contributed by atoms with Crippen LogP contribution in [0.15, 0.2) is 41.4 Å². The Kier molecular flexibility index (Phi) is 2.77. The number of nitrogens with zero attached hydrogens (tertiary/aromatic N) is 2. The van der Waals surface area contributed by atoms with Crippen LogP contribution in [-0.4, -0.2) is 23.5 Å². The van der Waals surface area contributed by atoms with Crippen molar-refractivity contribution in [2.24, 2.45) is 10.4 Å². The lowest BCUT2D eigenvalue weighted by molar-refractivity contribution is 0.235. The predicted molar refractivity (Wildman–Crippen MR) is 77.5 cm³/mol. The highest BCUT2D eigenvalue weighted by atomic mass is 16.5. The van der Waals surface area contributed by atoms with E-state index < -0.39 is 0 Å². The highest BCUT2D eigenvalue weighted by Gasteiger charge is 2.31. The van der Waals surface area contributed by atoms with Gasteiger partial charge in [-0.1, -0.05) is 45.0 Å². The summed E-state index contributed by atoms with van der Waals surface area (Å²) in [5.41, 5.74) is 1.93. The van der Waals surface area contributed by atoms with Crippen LogP contribution in [0.5, 0.6) is 0 Å². The van der Waals surface area contributed by atoms with E-state index in [2.05, 4.69) is 42.9 Å². The van der Waals surface area contributed by atoms with Gasteiger partial charge in [0.15, 0.2) is 0 Å². The van der Waals surface area contributed by atoms with Crippen LogP contribution in [0, 0.1) is 5.41 Å². The average Bonchev–Trinajstić information content (AvgIpc) is 2.87. The molecular weight excluding hydrogens is 236 g/mol. The minimum atomic E-state index is 0.124. The Hall–Kier alpha value is -1.90. The Bertz CT molecular complexity index is 640. The van der Waals surface area contributed by atoms with Crippen molar-refractivity contribution in [3.63, 3.8) is 0 Å². The Morgan fingerprint density at radius 3 is 2.63 bits per heavy atom. The maximum absolute atomic E-state index is 5.71. The molecule has 0 spiro atoms. The normalized spacial score (nSPS) is 19.3. The van der Waals surface area contributed by atoms with Crippen LogP contribution in [0.25, 0.3) is 10.9 Å². The monoisotopic (exact) mass is 254 g/mol. The minimum absolute atomic E-state index is 0.124. The zero-order valence-corrected chi connectivity index (χ0v) is 11.6. The van der Waals surface area contributed by atoms with Crippen molar-refractivity contribution < 1.29 is 4.74 Å². The van der Waals surface area contributed by atoms with E-state index in [-0.39, 0.29) is 11.5 Å². The second kappa shape index (κ2) is 4.34. The van der Waals surface area contributed by atoms with Gasteiger partial charge < -0.3 is 4.74 Å². The van der Waals surface area contributed by atoms with Gasteiger partial charge in [-0.25, -0.2) is 9.98 Å². The SMILES string of the molecule is CC(C)(C)C1COC(c2ccc3ccccc3n2)=N1. The van der Waals surface area contributed by atoms with Crippen molar-refractivity contribution in [1.29, 1.82) is 0 Å². The molecule has 0 saturated carbocycles. The molecule has 98 valence electrons. The van der Waals surface area contributed by atoms with Gasteiger partial charge >= 0.3 is 0 Å². The van der Waals surface area contributed by atoms with E-state index in [0.717, 1.165) is 16.6 Å². The fourth-order valence-corrected chi connectivity index (χ4v) is 2.14. The molecule has 0 radical (unpaired) electrons. The zero-order chi connectivity index (χ0) is 13.5. The number of para-hydroxylation sites is 1. The van der Waals surface area contributed by atoms with Crippen molar-refractivity contribution in [3.05, 3.63) is 42.1 Å². The quantitative estimate of drug-likeness (QED) is 0.781. The lowest BCUT2D eigenvalue weighted by Gasteiger charge is -2.21. The Morgan fingerprint density at radius 1 is 1.11 bits per heavy atom. The molecule has 1 atom stereocenters. The van der Waals surface area contributed by atoms with Gasteiger partial charge in [-0.2, -0.15) is 0 Å². The van der Waals surface area contributed by atoms with Gasteiger partial charge in [-0.15, -0.1) is 0 Å². The van der Waals surface area contributed by atoms with E-state index in [1.165, 1.54) is 0 Å². The number of aromatic nitrogens is 1. The van der Waals surface area contributed by atoms with E-state index in [4.69, 9.17) is 4.74 Å². The molecule has 0 N–H and O–H groups in total. The molecule has 0 aliphatic carbocycles. The molecule has 1 unspecified atom stereocenters. The summed E-state index contributed by atoms with van der Waals surface area (Å²) >= 11 is 0. The van der Waals surface area contributed by atoms with Gasteiger partial charge in [-0.3, -0.25) is 0 Å². The first kappa shape index (κ1) is 12.2. The van der Waals surface area contributed by atoms with Crippen LogP contribution in [0.4, 0.5) is 0 Å². The van der Waals surface area contributed by atoms with Crippen LogP contribution < -0.4 is 0 Å². The molecule has 3 nitrogen and oxygen atoms in total. The van der Waals surface area contributed by atoms with Crippen LogP contribution in [0.1, 0.15) is 26.5 Å². The highest BCUT2D eigenvalue weighted by molar-refractivity contribution is 5.95. The summed E-state index contributed by atoms with van der Waals surface area (Å²) in [7, 11) is 0. The van der Waals surface area contributed by atoms with Crippen molar-refractivity contribution in [2.75, 3.05) is 6.61 Å². The first-order chi connectivity index (χ1) is 9.04. The number of rotatable bonds is 1. The number of aliphatic imine (C=N–C) groups is 1. The van der Waals surface area contributed by atoms with Crippen LogP contribution in [-0.2, 0) is 4.74 Å². The lowest BCUT2D eigenvalue weighted by Crippen LogP contribution is -2.25. The standard InChI is InChI=1S/C16H18N2O/c1-16(2,3)14-10-19-15(18-14)13-9-8-11-6-4-5-7-12(11)17-13/h4-9,14H,10H2,1-3H3. The number of hydrogen-bond acceptors (Lipinski definition) is 3. The van der Waals surface area contributed by atoms with E-state index in [1.807, 2.05) is 24.3 Å². The first-order valence-electron chi connectivity index (χ1n) is 6.61. The van der Waals surface area contributed by atoms with E-state index in [9.17, 15) is 0 Å². The van der Waals surface area contributed by atoms with Crippen molar-refractivity contribution in [3.8, 4) is 0 Å². The largest absolute Gasteiger partial charge is 0.474 e. The van der Waals surface area contributed by atoms with E-state index in [0.29, 0.717) is 12.5 Å². The maximum atomic E-state index is 5.71. The minimum Gasteiger partial charge on any atom is -0.474 e. The van der Waals surface area contributed by atoms with Gasteiger partial charge in [0.2, 0.25) is 5.90 Å². The third-order valence-electron chi connectivity index (χ3n) is 3.47. The fourth-order valence-electron chi connectivity index (χ4n) is 2.14. The Labute approximate surface area is 113 Å². The van der Waals surface area contributed by atoms with Crippen molar-refractivity contribution in [1.82, 2.24) is 4.98 Å². The third kappa shape index (κ3) is 2.33. The summed E-state index contributed by atoms with van der Waals surface area (Å²) in [6, 6.07) is 12.3. The maximum Gasteiger partial charge on any atom is 0.235 e. The van der Waals surface area contributed by atoms with Gasteiger partial charge in [-0.05, 0) is 17.5 Å². The molecule has 2 heterocycles. The van der Waals surface area contributed by atoms with Crippen molar-refractivity contribution in [2.45, 2.75) is 26.8 Å². The molecule has 0 amide bonds. The number of pyridine rings is 1. The van der Waals surface area contributed by atoms with Gasteiger partial charge in [0.1, 0.15) is 12.3 Å². The summed E-state index contributed by atoms with van der Waals surface area (Å²) in [5, 5.41) is 1.14. The number of benzene rings is 1. The summed E-state index contributed by atoms with van der Waals surface area (Å²) < 4.78 is 5.71. The topological polar surface area (TPSA) is 34.5 Å². The average molecular weight is 254 g/mol. The molecular formula is C16H18N2O. The van der Waals surface area contributed by atoms with E-state index in [1.54, 1.807) is 0 Å². The lowest BCUT2D eigenvalue weighted by atomic mass is 9.88. The predicted octanol–water partition coefficient (Wildman–Crippen LogP) is 3.43. The molecule has 1 aromatic carbocycles. The first-order valence-corrected chi connectivity index (χ1v) is 6.61. The Balaban J connectivity index is 1.97. The second-order valence-corrected chi connectivity index (χ2v) is 6.02. The third-order valence-corrected chi connectivity index (χ3v) is 3.47. The summed E-state index contributed by atoms with van der Waals surface area (Å²) in [6.45, 7) is 7.19. The van der Waals surface area contributed by atoms with Gasteiger partial charge in [0.25, 0.3) is 0 Å². The summed E-state index contributed by atoms with van der Waals surface area (Å²) in [4.78, 5) is 9.29. The zero-order valence-electron chi connectivity index (χ0n) is 11.6. The summed E-state index contributed by atoms with van der Waals surface area (Å²) in [6.07, 6.45) is 0. The molecule has 3 heteroatoms. The van der Waals surface area contributed by atoms with Gasteiger partial charge in [0, 0.05) is 5.39 Å². The Morgan fingerprint density at radius 2 is 1.89 bits per heavy atom. The highest BCUT2D eigenvalue weighted by Crippen LogP contribution is 2.27. The van der Waals surface area contributed by atoms with Crippen LogP contribution >= 0.6 is 0 Å². The molecule has 1 aliphatic heterocycles. The molecule has 1 aliphatic rings. The molecule has 0 fully saturated rings. The molecule has 0 saturated heterocycles. The van der Waals surface area contributed by atoms with Crippen LogP contribution in [0.2, 0.25) is 0 Å². The molecule has 3 rings (SSSR count).